The Labute approximate surface area is 161 Å². The standard InChI is InChI=1S/C20H34N4O3/c1-3-12(2)17(18(21)26)23-16(25)4-5-22-19(27)24-20-9-13-6-14(10-20)8-15(7-13)11-20/h12-15,17H,3-11H2,1-2H3,(H2,21,26)(H,23,25)(H2,22,24,27). The Hall–Kier alpha value is -1.79. The molecule has 7 nitrogen and oxygen atoms in total. The average molecular weight is 379 g/mol. The number of primary amides is 1. The monoisotopic (exact) mass is 378 g/mol. The topological polar surface area (TPSA) is 113 Å². The molecule has 0 aromatic rings. The summed E-state index contributed by atoms with van der Waals surface area (Å²) in [6, 6.07) is -0.846. The molecule has 4 bridgehead atoms. The van der Waals surface area contributed by atoms with Gasteiger partial charge in [0.15, 0.2) is 0 Å². The fourth-order valence-electron chi connectivity index (χ4n) is 5.81. The lowest BCUT2D eigenvalue weighted by Gasteiger charge is -2.56. The highest BCUT2D eigenvalue weighted by Crippen LogP contribution is 2.55. The van der Waals surface area contributed by atoms with E-state index in [0.717, 1.165) is 43.4 Å². The van der Waals surface area contributed by atoms with Crippen LogP contribution in [0.15, 0.2) is 0 Å². The van der Waals surface area contributed by atoms with Crippen molar-refractivity contribution < 1.29 is 14.4 Å². The molecule has 0 spiro atoms. The number of carbonyl (C=O) groups excluding carboxylic acids is 3. The Balaban J connectivity index is 1.41. The number of amides is 4. The molecule has 4 fully saturated rings. The Bertz CT molecular complexity index is 556. The summed E-state index contributed by atoms with van der Waals surface area (Å²) in [5.41, 5.74) is 5.34. The predicted octanol–water partition coefficient (Wildman–Crippen LogP) is 1.66. The highest BCUT2D eigenvalue weighted by Gasteiger charge is 2.51. The first-order chi connectivity index (χ1) is 12.8. The molecule has 4 aliphatic carbocycles. The lowest BCUT2D eigenvalue weighted by Crippen LogP contribution is -2.61. The van der Waals surface area contributed by atoms with Gasteiger partial charge in [-0.15, -0.1) is 0 Å². The number of hydrogen-bond donors (Lipinski definition) is 4. The van der Waals surface area contributed by atoms with E-state index in [1.807, 2.05) is 13.8 Å². The molecule has 27 heavy (non-hydrogen) atoms. The fraction of sp³-hybridized carbons (Fsp3) is 0.850. The summed E-state index contributed by atoms with van der Waals surface area (Å²) in [6.45, 7) is 4.08. The molecule has 0 aromatic carbocycles. The number of urea groups is 1. The molecular formula is C20H34N4O3. The first kappa shape index (κ1) is 20.0. The van der Waals surface area contributed by atoms with E-state index in [-0.39, 0.29) is 36.4 Å². The minimum Gasteiger partial charge on any atom is -0.368 e. The molecule has 4 saturated carbocycles. The molecule has 0 radical (unpaired) electrons. The third-order valence-corrected chi connectivity index (χ3v) is 6.89. The van der Waals surface area contributed by atoms with E-state index < -0.39 is 11.9 Å². The maximum absolute atomic E-state index is 12.4. The van der Waals surface area contributed by atoms with Gasteiger partial charge in [0, 0.05) is 18.5 Å². The lowest BCUT2D eigenvalue weighted by atomic mass is 9.53. The van der Waals surface area contributed by atoms with Gasteiger partial charge >= 0.3 is 6.03 Å². The van der Waals surface area contributed by atoms with E-state index >= 15 is 0 Å². The van der Waals surface area contributed by atoms with Crippen molar-refractivity contribution in [1.82, 2.24) is 16.0 Å². The Kier molecular flexibility index (Phi) is 5.96. The number of carbonyl (C=O) groups is 3. The molecular weight excluding hydrogens is 344 g/mol. The Morgan fingerprint density at radius 3 is 2.11 bits per heavy atom. The molecule has 0 heterocycles. The van der Waals surface area contributed by atoms with Crippen molar-refractivity contribution in [1.29, 1.82) is 0 Å². The van der Waals surface area contributed by atoms with Crippen LogP contribution in [0.5, 0.6) is 0 Å². The molecule has 0 saturated heterocycles. The van der Waals surface area contributed by atoms with E-state index in [9.17, 15) is 14.4 Å². The minimum atomic E-state index is -0.664. The summed E-state index contributed by atoms with van der Waals surface area (Å²) in [5.74, 6) is 1.51. The van der Waals surface area contributed by atoms with Gasteiger partial charge in [-0.1, -0.05) is 20.3 Å². The molecule has 4 rings (SSSR count). The van der Waals surface area contributed by atoms with Crippen LogP contribution in [0.3, 0.4) is 0 Å². The molecule has 2 unspecified atom stereocenters. The zero-order valence-corrected chi connectivity index (χ0v) is 16.6. The first-order valence-electron chi connectivity index (χ1n) is 10.4. The van der Waals surface area contributed by atoms with Gasteiger partial charge in [0.05, 0.1) is 0 Å². The summed E-state index contributed by atoms with van der Waals surface area (Å²) in [6.07, 6.45) is 8.18. The molecule has 2 atom stereocenters. The summed E-state index contributed by atoms with van der Waals surface area (Å²) in [4.78, 5) is 35.9. The molecule has 4 aliphatic rings. The fourth-order valence-corrected chi connectivity index (χ4v) is 5.81. The van der Waals surface area contributed by atoms with Gasteiger partial charge in [-0.2, -0.15) is 0 Å². The Morgan fingerprint density at radius 2 is 1.63 bits per heavy atom. The lowest BCUT2D eigenvalue weighted by molar-refractivity contribution is -0.128. The number of nitrogens with two attached hydrogens (primary N) is 1. The minimum absolute atomic E-state index is 0.0150. The van der Waals surface area contributed by atoms with Crippen LogP contribution in [-0.2, 0) is 9.59 Å². The van der Waals surface area contributed by atoms with Crippen molar-refractivity contribution in [3.8, 4) is 0 Å². The molecule has 0 aromatic heterocycles. The summed E-state index contributed by atoms with van der Waals surface area (Å²) < 4.78 is 0. The van der Waals surface area contributed by atoms with Gasteiger partial charge < -0.3 is 21.7 Å². The van der Waals surface area contributed by atoms with Crippen LogP contribution >= 0.6 is 0 Å². The Morgan fingerprint density at radius 1 is 1.07 bits per heavy atom. The third kappa shape index (κ3) is 4.74. The normalized spacial score (nSPS) is 33.2. The van der Waals surface area contributed by atoms with Crippen LogP contribution in [-0.4, -0.2) is 36.0 Å². The van der Waals surface area contributed by atoms with Crippen molar-refractivity contribution in [2.75, 3.05) is 6.54 Å². The largest absolute Gasteiger partial charge is 0.368 e. The molecule has 7 heteroatoms. The number of nitrogens with one attached hydrogen (secondary N) is 3. The van der Waals surface area contributed by atoms with E-state index in [0.29, 0.717) is 0 Å². The predicted molar refractivity (Wildman–Crippen MR) is 103 cm³/mol. The molecule has 152 valence electrons. The number of rotatable bonds is 8. The van der Waals surface area contributed by atoms with Gasteiger partial charge in [-0.3, -0.25) is 9.59 Å². The van der Waals surface area contributed by atoms with E-state index in [4.69, 9.17) is 5.73 Å². The maximum Gasteiger partial charge on any atom is 0.315 e. The van der Waals surface area contributed by atoms with Gasteiger partial charge in [-0.05, 0) is 62.2 Å². The maximum atomic E-state index is 12.4. The summed E-state index contributed by atoms with van der Waals surface area (Å²) >= 11 is 0. The molecule has 5 N–H and O–H groups in total. The van der Waals surface area contributed by atoms with Crippen molar-refractivity contribution in [3.05, 3.63) is 0 Å². The zero-order chi connectivity index (χ0) is 19.6. The quantitative estimate of drug-likeness (QED) is 0.515. The van der Waals surface area contributed by atoms with E-state index in [1.54, 1.807) is 0 Å². The first-order valence-corrected chi connectivity index (χ1v) is 10.4. The van der Waals surface area contributed by atoms with Crippen molar-refractivity contribution in [2.45, 2.75) is 76.8 Å². The second-order valence-corrected chi connectivity index (χ2v) is 9.16. The third-order valence-electron chi connectivity index (χ3n) is 6.89. The van der Waals surface area contributed by atoms with Gasteiger partial charge in [0.25, 0.3) is 0 Å². The van der Waals surface area contributed by atoms with E-state index in [2.05, 4.69) is 16.0 Å². The van der Waals surface area contributed by atoms with Crippen molar-refractivity contribution in [3.63, 3.8) is 0 Å². The zero-order valence-electron chi connectivity index (χ0n) is 16.6. The van der Waals surface area contributed by atoms with Crippen LogP contribution in [0.4, 0.5) is 4.79 Å². The number of hydrogen-bond acceptors (Lipinski definition) is 3. The average Bonchev–Trinajstić information content (AvgIpc) is 2.57. The van der Waals surface area contributed by atoms with Gasteiger partial charge in [0.1, 0.15) is 6.04 Å². The van der Waals surface area contributed by atoms with Crippen molar-refractivity contribution in [2.24, 2.45) is 29.4 Å². The van der Waals surface area contributed by atoms with Crippen LogP contribution in [0.25, 0.3) is 0 Å². The van der Waals surface area contributed by atoms with Crippen LogP contribution in [0.2, 0.25) is 0 Å². The second-order valence-electron chi connectivity index (χ2n) is 9.16. The van der Waals surface area contributed by atoms with Gasteiger partial charge in [-0.25, -0.2) is 4.79 Å². The second kappa shape index (κ2) is 8.07. The smallest absolute Gasteiger partial charge is 0.315 e. The summed E-state index contributed by atoms with van der Waals surface area (Å²) in [7, 11) is 0. The summed E-state index contributed by atoms with van der Waals surface area (Å²) in [5, 5.41) is 8.72. The van der Waals surface area contributed by atoms with Crippen LogP contribution < -0.4 is 21.7 Å². The van der Waals surface area contributed by atoms with Crippen molar-refractivity contribution >= 4 is 17.8 Å². The van der Waals surface area contributed by atoms with Crippen LogP contribution in [0, 0.1) is 23.7 Å². The highest BCUT2D eigenvalue weighted by atomic mass is 16.2. The molecule has 0 aliphatic heterocycles. The highest BCUT2D eigenvalue weighted by molar-refractivity contribution is 5.87. The van der Waals surface area contributed by atoms with Gasteiger partial charge in [0.2, 0.25) is 11.8 Å². The van der Waals surface area contributed by atoms with E-state index in [1.165, 1.54) is 19.3 Å². The SMILES string of the molecule is CCC(C)C(NC(=O)CCNC(=O)NC12CC3CC(CC(C3)C1)C2)C(N)=O. The van der Waals surface area contributed by atoms with Crippen LogP contribution in [0.1, 0.15) is 65.2 Å². The molecule has 4 amide bonds.